The van der Waals surface area contributed by atoms with Crippen molar-refractivity contribution < 1.29 is 0 Å². The van der Waals surface area contributed by atoms with Gasteiger partial charge in [-0.25, -0.2) is 0 Å². The van der Waals surface area contributed by atoms with Gasteiger partial charge in [0.2, 0.25) is 0 Å². The first-order chi connectivity index (χ1) is 10.2. The molecule has 1 atom stereocenters. The number of nitrogens with zero attached hydrogens (tertiary/aromatic N) is 3. The van der Waals surface area contributed by atoms with E-state index in [1.807, 2.05) is 30.9 Å². The fourth-order valence-corrected chi connectivity index (χ4v) is 2.82. The SMILES string of the molecule is CCNC(c1cc(C)nc2ccccc12)c1ccnn1C. The summed E-state index contributed by atoms with van der Waals surface area (Å²) in [5.74, 6) is 0. The molecular weight excluding hydrogens is 260 g/mol. The number of pyridine rings is 1. The Morgan fingerprint density at radius 3 is 2.76 bits per heavy atom. The van der Waals surface area contributed by atoms with Crippen LogP contribution < -0.4 is 5.32 Å². The van der Waals surface area contributed by atoms with E-state index in [1.165, 1.54) is 10.9 Å². The Morgan fingerprint density at radius 1 is 1.24 bits per heavy atom. The summed E-state index contributed by atoms with van der Waals surface area (Å²) in [6.07, 6.45) is 1.84. The Bertz CT molecular complexity index is 760. The average Bonchev–Trinajstić information content (AvgIpc) is 2.90. The van der Waals surface area contributed by atoms with Crippen molar-refractivity contribution in [1.82, 2.24) is 20.1 Å². The summed E-state index contributed by atoms with van der Waals surface area (Å²) in [7, 11) is 1.98. The smallest absolute Gasteiger partial charge is 0.0755 e. The lowest BCUT2D eigenvalue weighted by molar-refractivity contribution is 0.575. The van der Waals surface area contributed by atoms with E-state index >= 15 is 0 Å². The maximum Gasteiger partial charge on any atom is 0.0755 e. The van der Waals surface area contributed by atoms with Crippen molar-refractivity contribution in [3.05, 3.63) is 59.5 Å². The molecule has 0 saturated carbocycles. The monoisotopic (exact) mass is 280 g/mol. The minimum atomic E-state index is 0.120. The molecule has 0 aliphatic rings. The standard InChI is InChI=1S/C17H20N4/c1-4-18-17(16-9-10-19-21(16)3)14-11-12(2)20-15-8-6-5-7-13(14)15/h5-11,17-18H,4H2,1-3H3. The van der Waals surface area contributed by atoms with Crippen LogP contribution in [0.5, 0.6) is 0 Å². The van der Waals surface area contributed by atoms with E-state index in [9.17, 15) is 0 Å². The topological polar surface area (TPSA) is 42.7 Å². The molecular formula is C17H20N4. The van der Waals surface area contributed by atoms with Crippen molar-refractivity contribution in [3.8, 4) is 0 Å². The van der Waals surface area contributed by atoms with Gasteiger partial charge in [-0.2, -0.15) is 5.10 Å². The Hall–Kier alpha value is -2.20. The van der Waals surface area contributed by atoms with E-state index in [2.05, 4.69) is 52.7 Å². The van der Waals surface area contributed by atoms with E-state index in [4.69, 9.17) is 0 Å². The minimum Gasteiger partial charge on any atom is -0.305 e. The normalized spacial score (nSPS) is 12.7. The Morgan fingerprint density at radius 2 is 2.05 bits per heavy atom. The van der Waals surface area contributed by atoms with E-state index in [0.717, 1.165) is 23.4 Å². The molecule has 0 amide bonds. The van der Waals surface area contributed by atoms with Gasteiger partial charge in [-0.05, 0) is 37.2 Å². The molecule has 4 heteroatoms. The van der Waals surface area contributed by atoms with Crippen LogP contribution in [0.25, 0.3) is 10.9 Å². The molecule has 4 nitrogen and oxygen atoms in total. The molecule has 1 aromatic carbocycles. The molecule has 2 aromatic heterocycles. The highest BCUT2D eigenvalue weighted by Crippen LogP contribution is 2.28. The molecule has 1 N–H and O–H groups in total. The zero-order chi connectivity index (χ0) is 14.8. The van der Waals surface area contributed by atoms with Crippen LogP contribution in [0, 0.1) is 6.92 Å². The van der Waals surface area contributed by atoms with Gasteiger partial charge < -0.3 is 5.32 Å². The van der Waals surface area contributed by atoms with Crippen LogP contribution in [0.15, 0.2) is 42.6 Å². The summed E-state index contributed by atoms with van der Waals surface area (Å²) < 4.78 is 1.93. The molecule has 0 aliphatic heterocycles. The zero-order valence-electron chi connectivity index (χ0n) is 12.7. The van der Waals surface area contributed by atoms with Gasteiger partial charge in [-0.15, -0.1) is 0 Å². The van der Waals surface area contributed by atoms with E-state index in [-0.39, 0.29) is 6.04 Å². The van der Waals surface area contributed by atoms with Crippen LogP contribution in [-0.2, 0) is 7.05 Å². The largest absolute Gasteiger partial charge is 0.305 e. The van der Waals surface area contributed by atoms with E-state index in [1.54, 1.807) is 0 Å². The first-order valence-corrected chi connectivity index (χ1v) is 7.28. The molecule has 1 unspecified atom stereocenters. The molecule has 0 radical (unpaired) electrons. The van der Waals surface area contributed by atoms with Gasteiger partial charge >= 0.3 is 0 Å². The van der Waals surface area contributed by atoms with Crippen LogP contribution in [-0.4, -0.2) is 21.3 Å². The second kappa shape index (κ2) is 5.66. The molecule has 0 spiro atoms. The molecule has 21 heavy (non-hydrogen) atoms. The third-order valence-corrected chi connectivity index (χ3v) is 3.75. The molecule has 0 fully saturated rings. The molecule has 0 aliphatic carbocycles. The van der Waals surface area contributed by atoms with Crippen molar-refractivity contribution in [1.29, 1.82) is 0 Å². The lowest BCUT2D eigenvalue weighted by Crippen LogP contribution is -2.24. The number of rotatable bonds is 4. The highest BCUT2D eigenvalue weighted by molar-refractivity contribution is 5.83. The third-order valence-electron chi connectivity index (χ3n) is 3.75. The number of aryl methyl sites for hydroxylation is 2. The fourth-order valence-electron chi connectivity index (χ4n) is 2.82. The second-order valence-corrected chi connectivity index (χ2v) is 5.24. The van der Waals surface area contributed by atoms with E-state index in [0.29, 0.717) is 0 Å². The van der Waals surface area contributed by atoms with Crippen LogP contribution in [0.2, 0.25) is 0 Å². The zero-order valence-corrected chi connectivity index (χ0v) is 12.7. The Labute approximate surface area is 124 Å². The van der Waals surface area contributed by atoms with Crippen molar-refractivity contribution in [3.63, 3.8) is 0 Å². The lowest BCUT2D eigenvalue weighted by atomic mass is 9.98. The van der Waals surface area contributed by atoms with Gasteiger partial charge in [-0.3, -0.25) is 9.67 Å². The van der Waals surface area contributed by atoms with Crippen molar-refractivity contribution in [2.24, 2.45) is 7.05 Å². The lowest BCUT2D eigenvalue weighted by Gasteiger charge is -2.21. The fraction of sp³-hybridized carbons (Fsp3) is 0.294. The molecule has 108 valence electrons. The summed E-state index contributed by atoms with van der Waals surface area (Å²) in [5.41, 5.74) is 4.49. The van der Waals surface area contributed by atoms with Crippen molar-refractivity contribution >= 4 is 10.9 Å². The van der Waals surface area contributed by atoms with Crippen LogP contribution in [0.4, 0.5) is 0 Å². The van der Waals surface area contributed by atoms with Gasteiger partial charge in [0.1, 0.15) is 0 Å². The minimum absolute atomic E-state index is 0.120. The Balaban J connectivity index is 2.22. The van der Waals surface area contributed by atoms with Crippen molar-refractivity contribution in [2.75, 3.05) is 6.54 Å². The number of fused-ring (bicyclic) bond motifs is 1. The van der Waals surface area contributed by atoms with Gasteiger partial charge in [0.15, 0.2) is 0 Å². The van der Waals surface area contributed by atoms with Crippen LogP contribution >= 0.6 is 0 Å². The predicted molar refractivity (Wildman–Crippen MR) is 85.2 cm³/mol. The summed E-state index contributed by atoms with van der Waals surface area (Å²) >= 11 is 0. The quantitative estimate of drug-likeness (QED) is 0.799. The first-order valence-electron chi connectivity index (χ1n) is 7.28. The van der Waals surface area contributed by atoms with Gasteiger partial charge in [0.25, 0.3) is 0 Å². The molecule has 3 aromatic rings. The molecule has 2 heterocycles. The maximum absolute atomic E-state index is 4.63. The number of para-hydroxylation sites is 1. The third kappa shape index (κ3) is 2.54. The molecule has 0 saturated heterocycles. The highest BCUT2D eigenvalue weighted by Gasteiger charge is 2.19. The highest BCUT2D eigenvalue weighted by atomic mass is 15.3. The second-order valence-electron chi connectivity index (χ2n) is 5.24. The average molecular weight is 280 g/mol. The molecule has 0 bridgehead atoms. The number of hydrogen-bond acceptors (Lipinski definition) is 3. The number of aromatic nitrogens is 3. The van der Waals surface area contributed by atoms with E-state index < -0.39 is 0 Å². The molecule has 3 rings (SSSR count). The summed E-state index contributed by atoms with van der Waals surface area (Å²) in [6, 6.07) is 12.7. The van der Waals surface area contributed by atoms with Gasteiger partial charge in [0, 0.05) is 24.3 Å². The van der Waals surface area contributed by atoms with Gasteiger partial charge in [-0.1, -0.05) is 25.1 Å². The number of benzene rings is 1. The first kappa shape index (κ1) is 13.8. The maximum atomic E-state index is 4.63. The summed E-state index contributed by atoms with van der Waals surface area (Å²) in [5, 5.41) is 9.07. The predicted octanol–water partition coefficient (Wildman–Crippen LogP) is 2.98. The summed E-state index contributed by atoms with van der Waals surface area (Å²) in [4.78, 5) is 4.63. The Kier molecular flexibility index (Phi) is 3.71. The number of hydrogen-bond donors (Lipinski definition) is 1. The summed E-state index contributed by atoms with van der Waals surface area (Å²) in [6.45, 7) is 5.06. The van der Waals surface area contributed by atoms with Crippen LogP contribution in [0.1, 0.15) is 29.9 Å². The van der Waals surface area contributed by atoms with Crippen LogP contribution in [0.3, 0.4) is 0 Å². The number of nitrogens with one attached hydrogen (secondary N) is 1. The van der Waals surface area contributed by atoms with Crippen molar-refractivity contribution in [2.45, 2.75) is 19.9 Å². The van der Waals surface area contributed by atoms with Gasteiger partial charge in [0.05, 0.1) is 17.3 Å².